The molecule has 2 heterocycles. The van der Waals surface area contributed by atoms with Gasteiger partial charge in [0.1, 0.15) is 5.82 Å². The van der Waals surface area contributed by atoms with Gasteiger partial charge in [-0.2, -0.15) is 0 Å². The molecule has 166 valence electrons. The SMILES string of the molecule is Cc1[nH]c([C@@H]2CCCN2C(=O)CCc2ccc(-c3ccccc3)cc2)nc1-c1ccccc1. The van der Waals surface area contributed by atoms with E-state index >= 15 is 0 Å². The highest BCUT2D eigenvalue weighted by atomic mass is 16.2. The number of hydrogen-bond acceptors (Lipinski definition) is 2. The van der Waals surface area contributed by atoms with Crippen molar-refractivity contribution in [2.75, 3.05) is 6.54 Å². The van der Waals surface area contributed by atoms with E-state index < -0.39 is 0 Å². The van der Waals surface area contributed by atoms with E-state index in [-0.39, 0.29) is 11.9 Å². The first-order valence-corrected chi connectivity index (χ1v) is 11.7. The summed E-state index contributed by atoms with van der Waals surface area (Å²) in [7, 11) is 0. The standard InChI is InChI=1S/C29H29N3O/c1-21-28(25-11-6-3-7-12-25)31-29(30-21)26-13-8-20-32(26)27(33)19-16-22-14-17-24(18-15-22)23-9-4-2-5-10-23/h2-7,9-12,14-15,17-18,26H,8,13,16,19-20H2,1H3,(H,30,31)/t26-/m0/s1. The lowest BCUT2D eigenvalue weighted by Gasteiger charge is -2.23. The summed E-state index contributed by atoms with van der Waals surface area (Å²) in [4.78, 5) is 23.5. The van der Waals surface area contributed by atoms with Crippen LogP contribution in [0.3, 0.4) is 0 Å². The Bertz CT molecular complexity index is 1210. The molecule has 1 aliphatic heterocycles. The van der Waals surface area contributed by atoms with E-state index in [0.717, 1.165) is 48.6 Å². The lowest BCUT2D eigenvalue weighted by atomic mass is 10.0. The van der Waals surface area contributed by atoms with Gasteiger partial charge >= 0.3 is 0 Å². The number of hydrogen-bond donors (Lipinski definition) is 1. The lowest BCUT2D eigenvalue weighted by molar-refractivity contribution is -0.132. The van der Waals surface area contributed by atoms with Gasteiger partial charge < -0.3 is 9.88 Å². The number of H-pyrrole nitrogens is 1. The molecule has 3 aromatic carbocycles. The van der Waals surface area contributed by atoms with Crippen molar-refractivity contribution >= 4 is 5.91 Å². The summed E-state index contributed by atoms with van der Waals surface area (Å²) in [6.45, 7) is 2.86. The highest BCUT2D eigenvalue weighted by Crippen LogP contribution is 2.33. The minimum atomic E-state index is 0.0362. The van der Waals surface area contributed by atoms with Crippen LogP contribution in [-0.4, -0.2) is 27.3 Å². The Balaban J connectivity index is 1.25. The molecule has 4 nitrogen and oxygen atoms in total. The monoisotopic (exact) mass is 435 g/mol. The molecule has 1 amide bonds. The van der Waals surface area contributed by atoms with Crippen LogP contribution in [0.4, 0.5) is 0 Å². The van der Waals surface area contributed by atoms with Crippen LogP contribution >= 0.6 is 0 Å². The molecule has 0 spiro atoms. The Kier molecular flexibility index (Phi) is 6.07. The van der Waals surface area contributed by atoms with Crippen LogP contribution in [0.25, 0.3) is 22.4 Å². The molecular weight excluding hydrogens is 406 g/mol. The van der Waals surface area contributed by atoms with Gasteiger partial charge in [-0.05, 0) is 42.9 Å². The molecule has 4 heteroatoms. The molecule has 0 bridgehead atoms. The fourth-order valence-electron chi connectivity index (χ4n) is 4.76. The van der Waals surface area contributed by atoms with Crippen molar-refractivity contribution in [1.29, 1.82) is 0 Å². The van der Waals surface area contributed by atoms with Crippen molar-refractivity contribution < 1.29 is 4.79 Å². The van der Waals surface area contributed by atoms with Crippen molar-refractivity contribution in [1.82, 2.24) is 14.9 Å². The van der Waals surface area contributed by atoms with Gasteiger partial charge in [0.25, 0.3) is 0 Å². The van der Waals surface area contributed by atoms with E-state index in [4.69, 9.17) is 4.98 Å². The summed E-state index contributed by atoms with van der Waals surface area (Å²) in [5, 5.41) is 0. The second-order valence-electron chi connectivity index (χ2n) is 8.77. The fraction of sp³-hybridized carbons (Fsp3) is 0.241. The van der Waals surface area contributed by atoms with Gasteiger partial charge in [0.15, 0.2) is 0 Å². The number of benzene rings is 3. The van der Waals surface area contributed by atoms with E-state index in [2.05, 4.69) is 72.6 Å². The Morgan fingerprint density at radius 1 is 0.909 bits per heavy atom. The highest BCUT2D eigenvalue weighted by molar-refractivity contribution is 5.77. The molecule has 1 N–H and O–H groups in total. The number of carbonyl (C=O) groups is 1. The number of carbonyl (C=O) groups excluding carboxylic acids is 1. The summed E-state index contributed by atoms with van der Waals surface area (Å²) in [6.07, 6.45) is 3.25. The Morgan fingerprint density at radius 2 is 1.55 bits per heavy atom. The molecule has 33 heavy (non-hydrogen) atoms. The third kappa shape index (κ3) is 4.61. The minimum absolute atomic E-state index is 0.0362. The number of nitrogens with one attached hydrogen (secondary N) is 1. The number of aryl methyl sites for hydroxylation is 2. The first kappa shape index (κ1) is 21.2. The second-order valence-corrected chi connectivity index (χ2v) is 8.77. The highest BCUT2D eigenvalue weighted by Gasteiger charge is 2.32. The van der Waals surface area contributed by atoms with E-state index in [0.29, 0.717) is 6.42 Å². The van der Waals surface area contributed by atoms with Crippen molar-refractivity contribution in [2.45, 2.75) is 38.6 Å². The van der Waals surface area contributed by atoms with E-state index in [1.54, 1.807) is 0 Å². The first-order chi connectivity index (χ1) is 16.2. The maximum Gasteiger partial charge on any atom is 0.223 e. The molecule has 1 fully saturated rings. The molecule has 0 radical (unpaired) electrons. The zero-order chi connectivity index (χ0) is 22.6. The Labute approximate surface area is 195 Å². The number of aromatic nitrogens is 2. The van der Waals surface area contributed by atoms with E-state index in [1.165, 1.54) is 16.7 Å². The molecule has 5 rings (SSSR count). The summed E-state index contributed by atoms with van der Waals surface area (Å²) in [5.41, 5.74) is 6.74. The molecule has 1 aromatic heterocycles. The van der Waals surface area contributed by atoms with Gasteiger partial charge in [-0.25, -0.2) is 4.98 Å². The summed E-state index contributed by atoms with van der Waals surface area (Å²) in [6, 6.07) is 29.2. The normalized spacial score (nSPS) is 15.7. The van der Waals surface area contributed by atoms with Gasteiger partial charge in [0.05, 0.1) is 11.7 Å². The Hall–Kier alpha value is -3.66. The molecule has 4 aromatic rings. The maximum absolute atomic E-state index is 13.1. The van der Waals surface area contributed by atoms with Gasteiger partial charge in [0.2, 0.25) is 5.91 Å². The average molecular weight is 436 g/mol. The molecule has 0 unspecified atom stereocenters. The van der Waals surface area contributed by atoms with Crippen LogP contribution in [-0.2, 0) is 11.2 Å². The van der Waals surface area contributed by atoms with Crippen LogP contribution in [0.15, 0.2) is 84.9 Å². The molecule has 0 saturated carbocycles. The number of amides is 1. The quantitative estimate of drug-likeness (QED) is 0.384. The third-order valence-corrected chi connectivity index (χ3v) is 6.53. The van der Waals surface area contributed by atoms with Gasteiger partial charge in [0, 0.05) is 24.2 Å². The number of rotatable bonds is 6. The Morgan fingerprint density at radius 3 is 2.24 bits per heavy atom. The van der Waals surface area contributed by atoms with Gasteiger partial charge in [-0.15, -0.1) is 0 Å². The average Bonchev–Trinajstić information content (AvgIpc) is 3.51. The minimum Gasteiger partial charge on any atom is -0.344 e. The predicted octanol–water partition coefficient (Wildman–Crippen LogP) is 6.35. The molecule has 1 aliphatic rings. The second kappa shape index (κ2) is 9.45. The zero-order valence-electron chi connectivity index (χ0n) is 19.0. The van der Waals surface area contributed by atoms with Crippen LogP contribution in [0, 0.1) is 6.92 Å². The lowest BCUT2D eigenvalue weighted by Crippen LogP contribution is -2.31. The predicted molar refractivity (Wildman–Crippen MR) is 133 cm³/mol. The molecule has 1 atom stereocenters. The third-order valence-electron chi connectivity index (χ3n) is 6.53. The van der Waals surface area contributed by atoms with Crippen molar-refractivity contribution in [3.8, 4) is 22.4 Å². The number of nitrogens with zero attached hydrogens (tertiary/aromatic N) is 2. The van der Waals surface area contributed by atoms with Gasteiger partial charge in [-0.1, -0.05) is 84.9 Å². The largest absolute Gasteiger partial charge is 0.344 e. The summed E-state index contributed by atoms with van der Waals surface area (Å²) < 4.78 is 0. The number of likely N-dealkylation sites (tertiary alicyclic amines) is 1. The summed E-state index contributed by atoms with van der Waals surface area (Å²) in [5.74, 6) is 1.12. The summed E-state index contributed by atoms with van der Waals surface area (Å²) >= 11 is 0. The van der Waals surface area contributed by atoms with Crippen LogP contribution in [0.5, 0.6) is 0 Å². The maximum atomic E-state index is 13.1. The molecule has 0 aliphatic carbocycles. The number of aromatic amines is 1. The van der Waals surface area contributed by atoms with Crippen LogP contribution in [0.1, 0.15) is 42.4 Å². The van der Waals surface area contributed by atoms with Crippen molar-refractivity contribution in [3.63, 3.8) is 0 Å². The molecular formula is C29H29N3O. The fourth-order valence-corrected chi connectivity index (χ4v) is 4.76. The van der Waals surface area contributed by atoms with Gasteiger partial charge in [-0.3, -0.25) is 4.79 Å². The van der Waals surface area contributed by atoms with Crippen LogP contribution in [0.2, 0.25) is 0 Å². The topological polar surface area (TPSA) is 49.0 Å². The smallest absolute Gasteiger partial charge is 0.223 e. The molecule has 1 saturated heterocycles. The van der Waals surface area contributed by atoms with Crippen molar-refractivity contribution in [3.05, 3.63) is 102 Å². The number of imidazole rings is 1. The van der Waals surface area contributed by atoms with Crippen molar-refractivity contribution in [2.24, 2.45) is 0 Å². The first-order valence-electron chi connectivity index (χ1n) is 11.7. The van der Waals surface area contributed by atoms with Crippen LogP contribution < -0.4 is 0 Å². The van der Waals surface area contributed by atoms with E-state index in [1.807, 2.05) is 29.2 Å². The zero-order valence-corrected chi connectivity index (χ0v) is 19.0. The van der Waals surface area contributed by atoms with E-state index in [9.17, 15) is 4.79 Å².